The zero-order chi connectivity index (χ0) is 14.1. The molecular formula is C14H11BrN4S. The van der Waals surface area contributed by atoms with Crippen LogP contribution in [0.1, 0.15) is 17.0 Å². The summed E-state index contributed by atoms with van der Waals surface area (Å²) < 4.78 is 2.99. The highest BCUT2D eigenvalue weighted by Crippen LogP contribution is 2.25. The van der Waals surface area contributed by atoms with Gasteiger partial charge in [0.15, 0.2) is 4.96 Å². The van der Waals surface area contributed by atoms with Crippen LogP contribution in [-0.4, -0.2) is 9.38 Å². The van der Waals surface area contributed by atoms with Crippen LogP contribution in [0.5, 0.6) is 0 Å². The third-order valence-electron chi connectivity index (χ3n) is 3.11. The van der Waals surface area contributed by atoms with Gasteiger partial charge in [-0.25, -0.2) is 4.98 Å². The molecule has 2 heterocycles. The Labute approximate surface area is 128 Å². The number of hydrogen-bond acceptors (Lipinski definition) is 4. The smallest absolute Gasteiger partial charge is 0.194 e. The fourth-order valence-electron chi connectivity index (χ4n) is 2.06. The molecule has 0 bridgehead atoms. The summed E-state index contributed by atoms with van der Waals surface area (Å²) >= 11 is 5.11. The van der Waals surface area contributed by atoms with E-state index in [9.17, 15) is 0 Å². The van der Waals surface area contributed by atoms with Crippen molar-refractivity contribution in [1.29, 1.82) is 5.26 Å². The summed E-state index contributed by atoms with van der Waals surface area (Å²) in [6, 6.07) is 7.64. The van der Waals surface area contributed by atoms with E-state index in [1.54, 1.807) is 17.4 Å². The van der Waals surface area contributed by atoms with E-state index in [0.29, 0.717) is 12.1 Å². The van der Waals surface area contributed by atoms with E-state index in [-0.39, 0.29) is 0 Å². The van der Waals surface area contributed by atoms with Crippen molar-refractivity contribution in [2.75, 3.05) is 5.32 Å². The van der Waals surface area contributed by atoms with Gasteiger partial charge in [-0.3, -0.25) is 4.40 Å². The maximum atomic E-state index is 8.86. The van der Waals surface area contributed by atoms with Gasteiger partial charge in [-0.05, 0) is 41.1 Å². The first-order valence-corrected chi connectivity index (χ1v) is 7.71. The maximum Gasteiger partial charge on any atom is 0.194 e. The fraction of sp³-hybridized carbons (Fsp3) is 0.143. The van der Waals surface area contributed by atoms with Crippen LogP contribution in [0.3, 0.4) is 0 Å². The lowest BCUT2D eigenvalue weighted by Gasteiger charge is -2.09. The lowest BCUT2D eigenvalue weighted by atomic mass is 10.2. The minimum atomic E-state index is 0.642. The number of aromatic nitrogens is 2. The molecule has 6 heteroatoms. The van der Waals surface area contributed by atoms with Gasteiger partial charge in [-0.15, -0.1) is 11.3 Å². The minimum absolute atomic E-state index is 0.642. The number of hydrogen-bond donors (Lipinski definition) is 1. The van der Waals surface area contributed by atoms with Gasteiger partial charge in [0.05, 0.1) is 29.6 Å². The Morgan fingerprint density at radius 3 is 3.10 bits per heavy atom. The Hall–Kier alpha value is -1.84. The summed E-state index contributed by atoms with van der Waals surface area (Å²) in [6.45, 7) is 2.71. The molecule has 0 aliphatic heterocycles. The molecule has 0 saturated carbocycles. The first-order chi connectivity index (χ1) is 9.69. The second-order valence-electron chi connectivity index (χ2n) is 4.36. The van der Waals surface area contributed by atoms with Crippen LogP contribution in [0.2, 0.25) is 0 Å². The van der Waals surface area contributed by atoms with Crippen molar-refractivity contribution in [2.24, 2.45) is 0 Å². The molecule has 0 amide bonds. The molecule has 1 aromatic carbocycles. The molecule has 4 nitrogen and oxygen atoms in total. The number of thiazole rings is 1. The Morgan fingerprint density at radius 1 is 1.50 bits per heavy atom. The average Bonchev–Trinajstić information content (AvgIpc) is 2.98. The summed E-state index contributed by atoms with van der Waals surface area (Å²) in [4.78, 5) is 5.53. The molecule has 0 unspecified atom stereocenters. The molecule has 20 heavy (non-hydrogen) atoms. The number of nitrogens with one attached hydrogen (secondary N) is 1. The molecule has 2 aromatic heterocycles. The molecule has 3 rings (SSSR count). The summed E-state index contributed by atoms with van der Waals surface area (Å²) in [7, 11) is 0. The second-order valence-corrected chi connectivity index (χ2v) is 6.09. The van der Waals surface area contributed by atoms with E-state index in [4.69, 9.17) is 5.26 Å². The highest BCUT2D eigenvalue weighted by Gasteiger charge is 2.10. The van der Waals surface area contributed by atoms with Crippen LogP contribution < -0.4 is 5.32 Å². The standard InChI is InChI=1S/C14H11BrN4S/c1-9-13(19-4-5-20-14(19)18-9)8-17-12-3-2-10(7-16)6-11(12)15/h2-6,17H,8H2,1H3. The summed E-state index contributed by atoms with van der Waals surface area (Å²) in [5, 5.41) is 14.3. The van der Waals surface area contributed by atoms with E-state index >= 15 is 0 Å². The SMILES string of the molecule is Cc1nc2sccn2c1CNc1ccc(C#N)cc1Br. The van der Waals surface area contributed by atoms with Gasteiger partial charge in [-0.2, -0.15) is 5.26 Å². The van der Waals surface area contributed by atoms with Crippen molar-refractivity contribution in [1.82, 2.24) is 9.38 Å². The largest absolute Gasteiger partial charge is 0.378 e. The van der Waals surface area contributed by atoms with Crippen LogP contribution in [0, 0.1) is 18.3 Å². The van der Waals surface area contributed by atoms with Crippen molar-refractivity contribution < 1.29 is 0 Å². The van der Waals surface area contributed by atoms with E-state index in [0.717, 1.165) is 26.5 Å². The molecule has 0 fully saturated rings. The van der Waals surface area contributed by atoms with Crippen LogP contribution in [0.4, 0.5) is 5.69 Å². The quantitative estimate of drug-likeness (QED) is 0.781. The van der Waals surface area contributed by atoms with Gasteiger partial charge in [0.1, 0.15) is 0 Å². The maximum absolute atomic E-state index is 8.86. The highest BCUT2D eigenvalue weighted by atomic mass is 79.9. The van der Waals surface area contributed by atoms with Gasteiger partial charge < -0.3 is 5.32 Å². The Morgan fingerprint density at radius 2 is 2.35 bits per heavy atom. The fourth-order valence-corrected chi connectivity index (χ4v) is 3.36. The number of rotatable bonds is 3. The number of nitrogens with zero attached hydrogens (tertiary/aromatic N) is 3. The van der Waals surface area contributed by atoms with E-state index in [1.807, 2.05) is 30.6 Å². The normalized spacial score (nSPS) is 10.7. The van der Waals surface area contributed by atoms with Crippen molar-refractivity contribution in [3.8, 4) is 6.07 Å². The predicted octanol–water partition coefficient (Wildman–Crippen LogP) is 3.95. The lowest BCUT2D eigenvalue weighted by Crippen LogP contribution is -2.04. The molecular weight excluding hydrogens is 336 g/mol. The van der Waals surface area contributed by atoms with Gasteiger partial charge >= 0.3 is 0 Å². The Kier molecular flexibility index (Phi) is 3.47. The summed E-state index contributed by atoms with van der Waals surface area (Å²) in [6.07, 6.45) is 2.03. The highest BCUT2D eigenvalue weighted by molar-refractivity contribution is 9.10. The van der Waals surface area contributed by atoms with Crippen LogP contribution in [-0.2, 0) is 6.54 Å². The second kappa shape index (κ2) is 5.27. The van der Waals surface area contributed by atoms with E-state index in [1.165, 1.54) is 0 Å². The van der Waals surface area contributed by atoms with Gasteiger partial charge in [0.2, 0.25) is 0 Å². The van der Waals surface area contributed by atoms with Gasteiger partial charge in [-0.1, -0.05) is 0 Å². The van der Waals surface area contributed by atoms with Gasteiger partial charge in [0, 0.05) is 21.7 Å². The number of anilines is 1. The number of fused-ring (bicyclic) bond motifs is 1. The molecule has 100 valence electrons. The monoisotopic (exact) mass is 346 g/mol. The molecule has 0 atom stereocenters. The number of nitriles is 1. The number of imidazole rings is 1. The number of aryl methyl sites for hydroxylation is 1. The van der Waals surface area contributed by atoms with E-state index < -0.39 is 0 Å². The molecule has 0 spiro atoms. The molecule has 0 aliphatic rings. The molecule has 1 N–H and O–H groups in total. The van der Waals surface area contributed by atoms with Crippen LogP contribution in [0.15, 0.2) is 34.2 Å². The zero-order valence-electron chi connectivity index (χ0n) is 10.7. The number of benzene rings is 1. The average molecular weight is 347 g/mol. The Balaban J connectivity index is 1.85. The van der Waals surface area contributed by atoms with Gasteiger partial charge in [0.25, 0.3) is 0 Å². The van der Waals surface area contributed by atoms with Crippen molar-refractivity contribution in [2.45, 2.75) is 13.5 Å². The summed E-state index contributed by atoms with van der Waals surface area (Å²) in [5.41, 5.74) is 3.79. The first kappa shape index (κ1) is 13.2. The van der Waals surface area contributed by atoms with E-state index in [2.05, 4.69) is 36.7 Å². The third kappa shape index (κ3) is 2.30. The van der Waals surface area contributed by atoms with Crippen molar-refractivity contribution in [3.05, 3.63) is 51.2 Å². The lowest BCUT2D eigenvalue weighted by molar-refractivity contribution is 0.993. The summed E-state index contributed by atoms with van der Waals surface area (Å²) in [5.74, 6) is 0. The van der Waals surface area contributed by atoms with Crippen LogP contribution >= 0.6 is 27.3 Å². The zero-order valence-corrected chi connectivity index (χ0v) is 13.1. The number of halogens is 1. The van der Waals surface area contributed by atoms with Crippen molar-refractivity contribution >= 4 is 37.9 Å². The predicted molar refractivity (Wildman–Crippen MR) is 84.0 cm³/mol. The first-order valence-electron chi connectivity index (χ1n) is 6.03. The third-order valence-corrected chi connectivity index (χ3v) is 4.52. The molecule has 3 aromatic rings. The molecule has 0 saturated heterocycles. The van der Waals surface area contributed by atoms with Crippen LogP contribution in [0.25, 0.3) is 4.96 Å². The van der Waals surface area contributed by atoms with Crippen molar-refractivity contribution in [3.63, 3.8) is 0 Å². The topological polar surface area (TPSA) is 53.1 Å². The molecule has 0 aliphatic carbocycles. The molecule has 0 radical (unpaired) electrons. The minimum Gasteiger partial charge on any atom is -0.378 e. The Bertz CT molecular complexity index is 812.